The molecule has 2 aromatic carbocycles. The van der Waals surface area contributed by atoms with Crippen molar-refractivity contribution in [3.63, 3.8) is 0 Å². The number of alkyl carbamates (subject to hydrolysis) is 1. The zero-order chi connectivity index (χ0) is 22.9. The second kappa shape index (κ2) is 11.0. The van der Waals surface area contributed by atoms with Gasteiger partial charge in [-0.1, -0.05) is 48.5 Å². The lowest BCUT2D eigenvalue weighted by Crippen LogP contribution is -2.32. The highest BCUT2D eigenvalue weighted by atomic mass is 16.8. The molecule has 0 heterocycles. The number of rotatable bonds is 10. The number of ether oxygens (including phenoxy) is 2. The number of carbonyl (C=O) groups excluding carboxylic acids is 2. The van der Waals surface area contributed by atoms with Gasteiger partial charge in [-0.2, -0.15) is 0 Å². The summed E-state index contributed by atoms with van der Waals surface area (Å²) < 4.78 is 10.1. The molecule has 10 nitrogen and oxygen atoms in total. The number of esters is 1. The first kappa shape index (κ1) is 22.9. The van der Waals surface area contributed by atoms with E-state index in [2.05, 4.69) is 15.4 Å². The zero-order valence-corrected chi connectivity index (χ0v) is 18.0. The van der Waals surface area contributed by atoms with Crippen molar-refractivity contribution in [2.45, 2.75) is 19.8 Å². The Morgan fingerprint density at radius 2 is 1.62 bits per heavy atom. The fourth-order valence-corrected chi connectivity index (χ4v) is 3.53. The first-order valence-electron chi connectivity index (χ1n) is 10.3. The summed E-state index contributed by atoms with van der Waals surface area (Å²) in [6.07, 6.45) is -0.735. The number of hydrogen-bond donors (Lipinski definition) is 1. The molecule has 3 rings (SSSR count). The average Bonchev–Trinajstić information content (AvgIpc) is 3.13. The van der Waals surface area contributed by atoms with Crippen LogP contribution in [0.2, 0.25) is 0 Å². The normalized spacial score (nSPS) is 12.5. The van der Waals surface area contributed by atoms with Gasteiger partial charge < -0.3 is 24.8 Å². The smallest absolute Gasteiger partial charge is 0.407 e. The maximum Gasteiger partial charge on any atom is 0.407 e. The van der Waals surface area contributed by atoms with Crippen molar-refractivity contribution >= 4 is 12.1 Å². The van der Waals surface area contributed by atoms with Gasteiger partial charge in [-0.3, -0.25) is 4.79 Å². The summed E-state index contributed by atoms with van der Waals surface area (Å²) in [7, 11) is 0. The third-order valence-electron chi connectivity index (χ3n) is 5.09. The maximum atomic E-state index is 12.0. The van der Waals surface area contributed by atoms with E-state index in [1.54, 1.807) is 13.8 Å². The highest BCUT2D eigenvalue weighted by Crippen LogP contribution is 2.44. The molecule has 10 heteroatoms. The van der Waals surface area contributed by atoms with Gasteiger partial charge in [0.2, 0.25) is 5.28 Å². The number of amides is 1. The molecule has 0 saturated carbocycles. The number of nitrogens with one attached hydrogen (secondary N) is 1. The van der Waals surface area contributed by atoms with E-state index in [1.807, 2.05) is 48.5 Å². The van der Waals surface area contributed by atoms with Gasteiger partial charge in [0.25, 0.3) is 6.79 Å². The summed E-state index contributed by atoms with van der Waals surface area (Å²) in [5.74, 6) is -0.829. The lowest BCUT2D eigenvalue weighted by Gasteiger charge is -2.14. The van der Waals surface area contributed by atoms with Crippen molar-refractivity contribution in [2.75, 3.05) is 33.0 Å². The number of benzene rings is 2. The Labute approximate surface area is 185 Å². The van der Waals surface area contributed by atoms with Crippen LogP contribution < -0.4 is 5.32 Å². The van der Waals surface area contributed by atoms with Crippen LogP contribution in [0.3, 0.4) is 0 Å². The van der Waals surface area contributed by atoms with Gasteiger partial charge in [0.15, 0.2) is 0 Å². The van der Waals surface area contributed by atoms with E-state index in [1.165, 1.54) is 5.01 Å². The quantitative estimate of drug-likeness (QED) is 0.150. The van der Waals surface area contributed by atoms with Gasteiger partial charge in [0, 0.05) is 5.92 Å². The van der Waals surface area contributed by atoms with Gasteiger partial charge >= 0.3 is 12.1 Å². The van der Waals surface area contributed by atoms with Crippen LogP contribution in [0, 0.1) is 5.21 Å². The molecule has 0 radical (unpaired) electrons. The van der Waals surface area contributed by atoms with Crippen molar-refractivity contribution in [3.05, 3.63) is 64.9 Å². The third-order valence-corrected chi connectivity index (χ3v) is 5.09. The fraction of sp³-hybridized carbons (Fsp3) is 0.364. The van der Waals surface area contributed by atoms with Crippen LogP contribution in [-0.4, -0.2) is 55.1 Å². The van der Waals surface area contributed by atoms with E-state index in [0.717, 1.165) is 22.3 Å². The molecular weight excluding hydrogens is 416 g/mol. The molecule has 0 atom stereocenters. The molecule has 1 aliphatic rings. The average molecular weight is 442 g/mol. The Balaban J connectivity index is 1.41. The van der Waals surface area contributed by atoms with Gasteiger partial charge in [0.05, 0.1) is 18.1 Å². The van der Waals surface area contributed by atoms with Crippen LogP contribution in [0.5, 0.6) is 0 Å². The molecule has 32 heavy (non-hydrogen) atoms. The number of hydrogen-bond acceptors (Lipinski definition) is 7. The van der Waals surface area contributed by atoms with Crippen LogP contribution in [0.1, 0.15) is 30.9 Å². The molecule has 0 saturated heterocycles. The lowest BCUT2D eigenvalue weighted by atomic mass is 9.98. The summed E-state index contributed by atoms with van der Waals surface area (Å²) >= 11 is 0. The standard InChI is InChI=1S/C22H26N4O6/c1-3-25(4-2)26(29)24-32-15-31-21(27)13-23-22(28)30-14-20-18-11-7-5-9-16(18)17-10-6-8-12-19(17)20/h5-12,20H,3-4,13-15H2,1-2H3,(H,23,28). The van der Waals surface area contributed by atoms with Crippen LogP contribution in [0.25, 0.3) is 11.1 Å². The largest absolute Gasteiger partial charge is 0.569 e. The second-order valence-electron chi connectivity index (χ2n) is 6.92. The minimum Gasteiger partial charge on any atom is -0.569 e. The summed E-state index contributed by atoms with van der Waals surface area (Å²) in [4.78, 5) is 28.7. The van der Waals surface area contributed by atoms with Gasteiger partial charge in [0.1, 0.15) is 13.2 Å². The topological polar surface area (TPSA) is 116 Å². The molecule has 1 N–H and O–H groups in total. The van der Waals surface area contributed by atoms with Gasteiger partial charge in [-0.05, 0) is 36.1 Å². The molecule has 2 aromatic rings. The summed E-state index contributed by atoms with van der Waals surface area (Å²) in [5, 5.41) is 18.5. The lowest BCUT2D eigenvalue weighted by molar-refractivity contribution is -0.710. The first-order valence-corrected chi connectivity index (χ1v) is 10.3. The molecular formula is C22H26N4O6. The minimum atomic E-state index is -0.756. The van der Waals surface area contributed by atoms with Crippen LogP contribution >= 0.6 is 0 Å². The molecule has 0 fully saturated rings. The molecule has 0 unspecified atom stereocenters. The van der Waals surface area contributed by atoms with Crippen molar-refractivity contribution in [2.24, 2.45) is 5.28 Å². The second-order valence-corrected chi connectivity index (χ2v) is 6.92. The van der Waals surface area contributed by atoms with E-state index in [4.69, 9.17) is 9.47 Å². The SMILES string of the molecule is CCN(CC)[N+]([O-])=NOCOC(=O)CNC(=O)OCC1c2ccccc2-c2ccccc21. The molecule has 0 bridgehead atoms. The number of carbonyl (C=O) groups is 2. The fourth-order valence-electron chi connectivity index (χ4n) is 3.53. The molecule has 1 amide bonds. The van der Waals surface area contributed by atoms with Crippen molar-refractivity contribution in [1.82, 2.24) is 10.3 Å². The zero-order valence-electron chi connectivity index (χ0n) is 18.0. The van der Waals surface area contributed by atoms with Crippen LogP contribution in [0.15, 0.2) is 53.8 Å². The number of nitrogens with zero attached hydrogens (tertiary/aromatic N) is 3. The van der Waals surface area contributed by atoms with E-state index in [0.29, 0.717) is 13.1 Å². The van der Waals surface area contributed by atoms with E-state index in [-0.39, 0.29) is 17.5 Å². The number of fused-ring (bicyclic) bond motifs is 3. The van der Waals surface area contributed by atoms with Gasteiger partial charge in [-0.25, -0.2) is 4.79 Å². The van der Waals surface area contributed by atoms with Gasteiger partial charge in [-0.15, -0.1) is 5.01 Å². The Bertz CT molecular complexity index is 931. The summed E-state index contributed by atoms with van der Waals surface area (Å²) in [5.41, 5.74) is 4.45. The molecule has 0 spiro atoms. The Morgan fingerprint density at radius 1 is 1.03 bits per heavy atom. The predicted molar refractivity (Wildman–Crippen MR) is 114 cm³/mol. The Morgan fingerprint density at radius 3 is 2.22 bits per heavy atom. The Kier molecular flexibility index (Phi) is 7.85. The minimum absolute atomic E-state index is 0.0732. The first-order chi connectivity index (χ1) is 15.5. The van der Waals surface area contributed by atoms with Crippen LogP contribution in [0.4, 0.5) is 4.79 Å². The monoisotopic (exact) mass is 442 g/mol. The summed E-state index contributed by atoms with van der Waals surface area (Å²) in [6, 6.07) is 16.0. The predicted octanol–water partition coefficient (Wildman–Crippen LogP) is 3.18. The molecule has 1 aliphatic carbocycles. The Hall–Kier alpha value is -3.82. The highest BCUT2D eigenvalue weighted by Gasteiger charge is 2.29. The maximum absolute atomic E-state index is 12.0. The van der Waals surface area contributed by atoms with E-state index < -0.39 is 25.4 Å². The van der Waals surface area contributed by atoms with Crippen LogP contribution in [-0.2, 0) is 19.1 Å². The van der Waals surface area contributed by atoms with Crippen molar-refractivity contribution < 1.29 is 28.9 Å². The van der Waals surface area contributed by atoms with E-state index >= 15 is 0 Å². The number of hydrazine groups is 1. The molecule has 0 aliphatic heterocycles. The van der Waals surface area contributed by atoms with Crippen molar-refractivity contribution in [1.29, 1.82) is 0 Å². The molecule has 170 valence electrons. The summed E-state index contributed by atoms with van der Waals surface area (Å²) in [6.45, 7) is 3.68. The molecule has 0 aromatic heterocycles. The van der Waals surface area contributed by atoms with E-state index in [9.17, 15) is 14.8 Å². The third kappa shape index (κ3) is 5.45. The van der Waals surface area contributed by atoms with Crippen molar-refractivity contribution in [3.8, 4) is 11.1 Å². The highest BCUT2D eigenvalue weighted by molar-refractivity contribution is 5.80.